The third-order valence-corrected chi connectivity index (χ3v) is 5.14. The van der Waals surface area contributed by atoms with Crippen molar-refractivity contribution in [3.05, 3.63) is 17.9 Å². The predicted molar refractivity (Wildman–Crippen MR) is 75.0 cm³/mol. The van der Waals surface area contributed by atoms with Gasteiger partial charge in [0.25, 0.3) is 0 Å². The van der Waals surface area contributed by atoms with E-state index in [4.69, 9.17) is 0 Å². The Kier molecular flexibility index (Phi) is 4.92. The summed E-state index contributed by atoms with van der Waals surface area (Å²) in [5.74, 6) is 3.13. The molecule has 0 heterocycles. The van der Waals surface area contributed by atoms with E-state index in [0.29, 0.717) is 0 Å². The van der Waals surface area contributed by atoms with E-state index in [-0.39, 0.29) is 0 Å². The predicted octanol–water partition coefficient (Wildman–Crippen LogP) is 5.49. The van der Waals surface area contributed by atoms with Crippen LogP contribution in [0.3, 0.4) is 0 Å². The van der Waals surface area contributed by atoms with Gasteiger partial charge < -0.3 is 0 Å². The molecule has 0 aromatic rings. The van der Waals surface area contributed by atoms with Crippen LogP contribution in [-0.2, 0) is 0 Å². The van der Waals surface area contributed by atoms with Gasteiger partial charge in [-0.2, -0.15) is 0 Å². The van der Waals surface area contributed by atoms with Gasteiger partial charge in [0, 0.05) is 0 Å². The van der Waals surface area contributed by atoms with Gasteiger partial charge in [0.05, 0.1) is 0 Å². The fraction of sp³-hybridized carbons (Fsp3) is 0.824. The highest BCUT2D eigenvalue weighted by Gasteiger charge is 2.28. The van der Waals surface area contributed by atoms with Crippen molar-refractivity contribution in [1.82, 2.24) is 0 Å². The maximum Gasteiger partial charge on any atom is -0.0241 e. The van der Waals surface area contributed by atoms with Gasteiger partial charge >= 0.3 is 0 Å². The Morgan fingerprint density at radius 1 is 1.00 bits per heavy atom. The van der Waals surface area contributed by atoms with Crippen molar-refractivity contribution in [2.45, 2.75) is 71.1 Å². The lowest BCUT2D eigenvalue weighted by molar-refractivity contribution is 0.174. The second-order valence-corrected chi connectivity index (χ2v) is 6.19. The van der Waals surface area contributed by atoms with Crippen molar-refractivity contribution in [3.8, 4) is 0 Å². The molecule has 0 heteroatoms. The van der Waals surface area contributed by atoms with Gasteiger partial charge in [0.15, 0.2) is 0 Å². The second-order valence-electron chi connectivity index (χ2n) is 6.19. The van der Waals surface area contributed by atoms with E-state index in [1.165, 1.54) is 69.8 Å². The van der Waals surface area contributed by atoms with Crippen molar-refractivity contribution < 1.29 is 0 Å². The molecule has 0 aromatic carbocycles. The first-order valence-corrected chi connectivity index (χ1v) is 7.71. The highest BCUT2D eigenvalue weighted by Crippen LogP contribution is 2.41. The van der Waals surface area contributed by atoms with Crippen LogP contribution in [0.1, 0.15) is 71.1 Å². The number of hydrogen-bond donors (Lipinski definition) is 0. The molecule has 2 rings (SSSR count). The minimum Gasteiger partial charge on any atom is -0.130 e. The zero-order valence-corrected chi connectivity index (χ0v) is 11.5. The third-order valence-electron chi connectivity index (χ3n) is 5.14. The van der Waals surface area contributed by atoms with Gasteiger partial charge in [-0.3, -0.25) is 0 Å². The monoisotopic (exact) mass is 232 g/mol. The number of hydrogen-bond acceptors (Lipinski definition) is 0. The summed E-state index contributed by atoms with van der Waals surface area (Å²) in [6.45, 7) is 6.12. The average molecular weight is 232 g/mol. The molecule has 96 valence electrons. The highest BCUT2D eigenvalue weighted by molar-refractivity contribution is 5.03. The average Bonchev–Trinajstić information content (AvgIpc) is 2.40. The summed E-state index contributed by atoms with van der Waals surface area (Å²) in [6, 6.07) is 0. The third kappa shape index (κ3) is 3.49. The maximum atomic E-state index is 3.79. The lowest BCUT2D eigenvalue weighted by atomic mass is 9.70. The SMILES string of the molecule is C=C=C1CCC(C2CCC(CCC)CC2)CC1. The second kappa shape index (κ2) is 6.45. The van der Waals surface area contributed by atoms with Crippen molar-refractivity contribution in [2.24, 2.45) is 17.8 Å². The fourth-order valence-electron chi connectivity index (χ4n) is 3.99. The van der Waals surface area contributed by atoms with Gasteiger partial charge in [-0.15, -0.1) is 5.73 Å². The Morgan fingerprint density at radius 2 is 1.59 bits per heavy atom. The molecule has 0 nitrogen and oxygen atoms in total. The summed E-state index contributed by atoms with van der Waals surface area (Å²) in [7, 11) is 0. The van der Waals surface area contributed by atoms with Crippen molar-refractivity contribution in [2.75, 3.05) is 0 Å². The van der Waals surface area contributed by atoms with Gasteiger partial charge in [-0.05, 0) is 61.9 Å². The molecule has 0 atom stereocenters. The molecule has 0 radical (unpaired) electrons. The lowest BCUT2D eigenvalue weighted by Gasteiger charge is -2.36. The summed E-state index contributed by atoms with van der Waals surface area (Å²) >= 11 is 0. The summed E-state index contributed by atoms with van der Waals surface area (Å²) in [4.78, 5) is 0. The molecular formula is C17H28. The molecular weight excluding hydrogens is 204 g/mol. The van der Waals surface area contributed by atoms with Crippen LogP contribution in [-0.4, -0.2) is 0 Å². The quantitative estimate of drug-likeness (QED) is 0.564. The summed E-state index contributed by atoms with van der Waals surface area (Å²) in [5.41, 5.74) is 4.60. The topological polar surface area (TPSA) is 0 Å². The van der Waals surface area contributed by atoms with Gasteiger partial charge in [-0.25, -0.2) is 0 Å². The molecule has 0 unspecified atom stereocenters. The maximum absolute atomic E-state index is 3.79. The molecule has 0 aromatic heterocycles. The normalized spacial score (nSPS) is 34.4. The first-order valence-electron chi connectivity index (χ1n) is 7.71. The molecule has 0 spiro atoms. The van der Waals surface area contributed by atoms with Crippen LogP contribution in [0.5, 0.6) is 0 Å². The van der Waals surface area contributed by atoms with Gasteiger partial charge in [0.1, 0.15) is 0 Å². The van der Waals surface area contributed by atoms with Crippen LogP contribution in [0.25, 0.3) is 0 Å². The van der Waals surface area contributed by atoms with Crippen molar-refractivity contribution in [1.29, 1.82) is 0 Å². The Balaban J connectivity index is 1.76. The molecule has 2 saturated carbocycles. The highest BCUT2D eigenvalue weighted by atomic mass is 14.3. The number of allylic oxidation sites excluding steroid dienone is 1. The van der Waals surface area contributed by atoms with Crippen LogP contribution in [0.2, 0.25) is 0 Å². The Hall–Kier alpha value is -0.480. The molecule has 2 fully saturated rings. The molecule has 0 bridgehead atoms. The van der Waals surface area contributed by atoms with Crippen LogP contribution >= 0.6 is 0 Å². The summed E-state index contributed by atoms with van der Waals surface area (Å²) < 4.78 is 0. The van der Waals surface area contributed by atoms with E-state index in [9.17, 15) is 0 Å². The van der Waals surface area contributed by atoms with E-state index < -0.39 is 0 Å². The van der Waals surface area contributed by atoms with Crippen LogP contribution < -0.4 is 0 Å². The van der Waals surface area contributed by atoms with E-state index in [2.05, 4.69) is 19.2 Å². The first kappa shape index (κ1) is 13.0. The van der Waals surface area contributed by atoms with Crippen LogP contribution in [0.4, 0.5) is 0 Å². The van der Waals surface area contributed by atoms with Crippen LogP contribution in [0.15, 0.2) is 17.9 Å². The molecule has 0 N–H and O–H groups in total. The Morgan fingerprint density at radius 3 is 2.12 bits per heavy atom. The largest absolute Gasteiger partial charge is 0.130 e. The zero-order chi connectivity index (χ0) is 12.1. The first-order chi connectivity index (χ1) is 8.33. The molecule has 2 aliphatic rings. The molecule has 2 aliphatic carbocycles. The van der Waals surface area contributed by atoms with Gasteiger partial charge in [0.2, 0.25) is 0 Å². The zero-order valence-electron chi connectivity index (χ0n) is 11.5. The standard InChI is InChI=1S/C17H28/c1-3-5-15-8-12-17(13-9-15)16-10-6-14(4-2)7-11-16/h15-17H,2-3,5-13H2,1H3. The van der Waals surface area contributed by atoms with Gasteiger partial charge in [-0.1, -0.05) is 39.2 Å². The summed E-state index contributed by atoms with van der Waals surface area (Å²) in [6.07, 6.45) is 14.3. The number of rotatable bonds is 3. The molecule has 0 aliphatic heterocycles. The van der Waals surface area contributed by atoms with E-state index in [0.717, 1.165) is 17.8 Å². The van der Waals surface area contributed by atoms with E-state index in [1.54, 1.807) is 0 Å². The molecule has 0 saturated heterocycles. The van der Waals surface area contributed by atoms with Crippen molar-refractivity contribution in [3.63, 3.8) is 0 Å². The Bertz CT molecular complexity index is 264. The fourth-order valence-corrected chi connectivity index (χ4v) is 3.99. The minimum absolute atomic E-state index is 1.02. The molecule has 17 heavy (non-hydrogen) atoms. The lowest BCUT2D eigenvalue weighted by Crippen LogP contribution is -2.24. The van der Waals surface area contributed by atoms with E-state index >= 15 is 0 Å². The van der Waals surface area contributed by atoms with E-state index in [1.807, 2.05) is 0 Å². The summed E-state index contributed by atoms with van der Waals surface area (Å²) in [5, 5.41) is 0. The smallest absolute Gasteiger partial charge is 0.0241 e. The van der Waals surface area contributed by atoms with Crippen molar-refractivity contribution >= 4 is 0 Å². The van der Waals surface area contributed by atoms with Crippen LogP contribution in [0, 0.1) is 17.8 Å². The Labute approximate surface area is 107 Å². The minimum atomic E-state index is 1.02. The molecule has 0 amide bonds.